The molecule has 2 aromatic heterocycles. The van der Waals surface area contributed by atoms with Crippen LogP contribution in [0.1, 0.15) is 10.5 Å². The fourth-order valence-electron chi connectivity index (χ4n) is 3.11. The predicted octanol–water partition coefficient (Wildman–Crippen LogP) is 4.36. The van der Waals surface area contributed by atoms with E-state index in [1.807, 2.05) is 0 Å². The smallest absolute Gasteiger partial charge is 0.356 e. The van der Waals surface area contributed by atoms with Crippen LogP contribution in [0.4, 0.5) is 0 Å². The molecule has 0 aliphatic rings. The van der Waals surface area contributed by atoms with Gasteiger partial charge in [-0.15, -0.1) is 0 Å². The molecule has 2 aromatic carbocycles. The van der Waals surface area contributed by atoms with E-state index < -0.39 is 15.8 Å². The van der Waals surface area contributed by atoms with Crippen molar-refractivity contribution in [3.8, 4) is 28.2 Å². The molecule has 0 aliphatic carbocycles. The molecule has 4 rings (SSSR count). The van der Waals surface area contributed by atoms with Gasteiger partial charge >= 0.3 is 5.97 Å². The van der Waals surface area contributed by atoms with Gasteiger partial charge in [0.25, 0.3) is 0 Å². The molecule has 156 valence electrons. The molecular weight excluding hydrogens is 438 g/mol. The first kappa shape index (κ1) is 20.8. The Balaban J connectivity index is 1.78. The number of sulfone groups is 1. The van der Waals surface area contributed by atoms with Gasteiger partial charge in [0.2, 0.25) is 0 Å². The molecule has 0 spiro atoms. The highest BCUT2D eigenvalue weighted by Gasteiger charge is 2.18. The summed E-state index contributed by atoms with van der Waals surface area (Å²) in [5.74, 6) is -0.772. The van der Waals surface area contributed by atoms with Crippen LogP contribution in [0.2, 0.25) is 5.02 Å². The van der Waals surface area contributed by atoms with Crippen molar-refractivity contribution in [2.75, 3.05) is 6.26 Å². The third kappa shape index (κ3) is 4.21. The zero-order valence-electron chi connectivity index (χ0n) is 16.2. The summed E-state index contributed by atoms with van der Waals surface area (Å²) in [7, 11) is -3.33. The van der Waals surface area contributed by atoms with Gasteiger partial charge in [0, 0.05) is 28.6 Å². The zero-order valence-corrected chi connectivity index (χ0v) is 17.8. The minimum Gasteiger partial charge on any atom is -0.476 e. The molecule has 9 heteroatoms. The summed E-state index contributed by atoms with van der Waals surface area (Å²) in [5, 5.41) is 14.0. The number of hydrogen-bond donors (Lipinski definition) is 1. The van der Waals surface area contributed by atoms with Gasteiger partial charge in [0.05, 0.1) is 10.6 Å². The van der Waals surface area contributed by atoms with Crippen LogP contribution >= 0.6 is 11.6 Å². The number of hydrogen-bond acceptors (Lipinski definition) is 5. The van der Waals surface area contributed by atoms with Crippen LogP contribution in [0, 0.1) is 0 Å². The Bertz CT molecular complexity index is 1400. The first-order valence-corrected chi connectivity index (χ1v) is 11.4. The summed E-state index contributed by atoms with van der Waals surface area (Å²) >= 11 is 6.31. The standard InChI is InChI=1S/C22H16ClN3O4S/c1-31(29,30)16-6-4-5-14(11-16)15-9-10-21(24-13-15)26-20(12-19(25-26)22(27)28)17-7-2-3-8-18(17)23/h2-13H,1H3,(H,27,28). The van der Waals surface area contributed by atoms with Gasteiger partial charge in [-0.3, -0.25) is 0 Å². The van der Waals surface area contributed by atoms with Crippen LogP contribution in [-0.4, -0.2) is 40.5 Å². The molecule has 0 aliphatic heterocycles. The highest BCUT2D eigenvalue weighted by atomic mass is 35.5. The van der Waals surface area contributed by atoms with Crippen molar-refractivity contribution in [2.24, 2.45) is 0 Å². The molecular formula is C22H16ClN3O4S. The lowest BCUT2D eigenvalue weighted by Crippen LogP contribution is -2.04. The molecule has 2 heterocycles. The second-order valence-corrected chi connectivity index (χ2v) is 9.24. The van der Waals surface area contributed by atoms with Crippen LogP contribution in [0.5, 0.6) is 0 Å². The van der Waals surface area contributed by atoms with E-state index in [1.165, 1.54) is 16.8 Å². The summed E-state index contributed by atoms with van der Waals surface area (Å²) < 4.78 is 25.1. The van der Waals surface area contributed by atoms with Gasteiger partial charge in [0.1, 0.15) is 0 Å². The number of aromatic nitrogens is 3. The molecule has 31 heavy (non-hydrogen) atoms. The van der Waals surface area contributed by atoms with Crippen molar-refractivity contribution < 1.29 is 18.3 Å². The van der Waals surface area contributed by atoms with E-state index in [1.54, 1.807) is 60.8 Å². The fourth-order valence-corrected chi connectivity index (χ4v) is 4.01. The Morgan fingerprint density at radius 2 is 1.77 bits per heavy atom. The van der Waals surface area contributed by atoms with Crippen molar-refractivity contribution in [2.45, 2.75) is 4.90 Å². The highest BCUT2D eigenvalue weighted by Crippen LogP contribution is 2.30. The number of aromatic carboxylic acids is 1. The Hall–Kier alpha value is -3.49. The van der Waals surface area contributed by atoms with Gasteiger partial charge in [0.15, 0.2) is 21.3 Å². The Kier molecular flexibility index (Phi) is 5.34. The number of carbonyl (C=O) groups is 1. The van der Waals surface area contributed by atoms with Crippen LogP contribution in [0.3, 0.4) is 0 Å². The Morgan fingerprint density at radius 3 is 2.42 bits per heavy atom. The number of halogens is 1. The number of rotatable bonds is 5. The van der Waals surface area contributed by atoms with E-state index in [0.29, 0.717) is 33.2 Å². The molecule has 0 amide bonds. The monoisotopic (exact) mass is 453 g/mol. The van der Waals surface area contributed by atoms with E-state index in [9.17, 15) is 18.3 Å². The molecule has 7 nitrogen and oxygen atoms in total. The van der Waals surface area contributed by atoms with Crippen molar-refractivity contribution >= 4 is 27.4 Å². The second-order valence-electron chi connectivity index (χ2n) is 6.82. The quantitative estimate of drug-likeness (QED) is 0.481. The van der Waals surface area contributed by atoms with Crippen molar-refractivity contribution in [3.05, 3.63) is 83.6 Å². The number of nitrogens with zero attached hydrogens (tertiary/aromatic N) is 3. The minimum absolute atomic E-state index is 0.137. The maximum atomic E-state index is 11.8. The molecule has 0 saturated heterocycles. The van der Waals surface area contributed by atoms with E-state index in [-0.39, 0.29) is 10.6 Å². The molecule has 4 aromatic rings. The Morgan fingerprint density at radius 1 is 1.00 bits per heavy atom. The molecule has 0 fully saturated rings. The van der Waals surface area contributed by atoms with Crippen LogP contribution in [-0.2, 0) is 9.84 Å². The summed E-state index contributed by atoms with van der Waals surface area (Å²) in [5.41, 5.74) is 2.37. The molecule has 0 radical (unpaired) electrons. The average molecular weight is 454 g/mol. The zero-order chi connectivity index (χ0) is 22.2. The van der Waals surface area contributed by atoms with Gasteiger partial charge in [-0.05, 0) is 42.0 Å². The van der Waals surface area contributed by atoms with Crippen LogP contribution < -0.4 is 0 Å². The maximum absolute atomic E-state index is 11.8. The largest absolute Gasteiger partial charge is 0.476 e. The van der Waals surface area contributed by atoms with Crippen LogP contribution in [0.15, 0.2) is 77.8 Å². The van der Waals surface area contributed by atoms with Gasteiger partial charge in [-0.1, -0.05) is 41.9 Å². The topological polar surface area (TPSA) is 102 Å². The maximum Gasteiger partial charge on any atom is 0.356 e. The van der Waals surface area contributed by atoms with E-state index in [0.717, 1.165) is 6.26 Å². The summed E-state index contributed by atoms with van der Waals surface area (Å²) in [6, 6.07) is 18.5. The SMILES string of the molecule is CS(=O)(=O)c1cccc(-c2ccc(-n3nc(C(=O)O)cc3-c3ccccc3Cl)nc2)c1. The third-order valence-corrected chi connectivity index (χ3v) is 6.08. The number of pyridine rings is 1. The van der Waals surface area contributed by atoms with Crippen molar-refractivity contribution in [1.29, 1.82) is 0 Å². The average Bonchev–Trinajstić information content (AvgIpc) is 3.19. The number of carboxylic acids is 1. The van der Waals surface area contributed by atoms with E-state index >= 15 is 0 Å². The molecule has 0 unspecified atom stereocenters. The van der Waals surface area contributed by atoms with E-state index in [2.05, 4.69) is 10.1 Å². The predicted molar refractivity (Wildman–Crippen MR) is 117 cm³/mol. The number of benzene rings is 2. The molecule has 0 atom stereocenters. The summed E-state index contributed by atoms with van der Waals surface area (Å²) in [4.78, 5) is 16.1. The van der Waals surface area contributed by atoms with Gasteiger partial charge in [-0.2, -0.15) is 5.10 Å². The Labute approximate surface area is 183 Å². The number of carboxylic acid groups (broad SMARTS) is 1. The third-order valence-electron chi connectivity index (χ3n) is 4.64. The lowest BCUT2D eigenvalue weighted by atomic mass is 10.1. The molecule has 1 N–H and O–H groups in total. The van der Waals surface area contributed by atoms with Crippen LogP contribution in [0.25, 0.3) is 28.2 Å². The van der Waals surface area contributed by atoms with Gasteiger partial charge in [-0.25, -0.2) is 22.9 Å². The van der Waals surface area contributed by atoms with E-state index in [4.69, 9.17) is 11.6 Å². The lowest BCUT2D eigenvalue weighted by Gasteiger charge is -2.09. The fraction of sp³-hybridized carbons (Fsp3) is 0.0455. The normalized spacial score (nSPS) is 11.4. The lowest BCUT2D eigenvalue weighted by molar-refractivity contribution is 0.0690. The molecule has 0 saturated carbocycles. The van der Waals surface area contributed by atoms with Gasteiger partial charge < -0.3 is 5.11 Å². The molecule has 0 bridgehead atoms. The van der Waals surface area contributed by atoms with Crippen molar-refractivity contribution in [1.82, 2.24) is 14.8 Å². The summed E-state index contributed by atoms with van der Waals surface area (Å²) in [6.07, 6.45) is 2.73. The summed E-state index contributed by atoms with van der Waals surface area (Å²) in [6.45, 7) is 0. The second kappa shape index (κ2) is 7.98. The first-order valence-electron chi connectivity index (χ1n) is 9.09. The first-order chi connectivity index (χ1) is 14.7. The highest BCUT2D eigenvalue weighted by molar-refractivity contribution is 7.90. The van der Waals surface area contributed by atoms with Crippen molar-refractivity contribution in [3.63, 3.8) is 0 Å². The minimum atomic E-state index is -3.33.